The molecule has 1 aromatic carbocycles. The summed E-state index contributed by atoms with van der Waals surface area (Å²) in [6.45, 7) is 4.62. The Morgan fingerprint density at radius 2 is 2.03 bits per heavy atom. The number of nitrogen functional groups attached to an aromatic ring is 1. The summed E-state index contributed by atoms with van der Waals surface area (Å²) in [5, 5.41) is 8.65. The van der Waals surface area contributed by atoms with Crippen molar-refractivity contribution in [3.8, 4) is 0 Å². The molecule has 0 saturated carbocycles. The van der Waals surface area contributed by atoms with E-state index in [4.69, 9.17) is 5.73 Å². The number of nitrogens with two attached hydrogens (primary N) is 1. The van der Waals surface area contributed by atoms with Crippen LogP contribution in [0.1, 0.15) is 34.9 Å². The molecule has 1 aliphatic rings. The van der Waals surface area contributed by atoms with Gasteiger partial charge in [-0.05, 0) is 36.6 Å². The molecule has 0 radical (unpaired) electrons. The molecule has 12 nitrogen and oxygen atoms in total. The molecule has 3 N–H and O–H groups in total. The minimum Gasteiger partial charge on any atom is -0.383 e. The minimum atomic E-state index is -0.501. The molecule has 3 aromatic heterocycles. The van der Waals surface area contributed by atoms with E-state index in [2.05, 4.69) is 31.9 Å². The van der Waals surface area contributed by atoms with E-state index in [1.807, 2.05) is 6.07 Å². The molecule has 12 heteroatoms. The number of pyridine rings is 1. The second-order valence-electron chi connectivity index (χ2n) is 9.63. The molecule has 1 unspecified atom stereocenters. The Hall–Kier alpha value is -4.87. The van der Waals surface area contributed by atoms with E-state index in [0.29, 0.717) is 35.3 Å². The number of benzene rings is 1. The molecule has 4 aromatic rings. The normalized spacial score (nSPS) is 15.3. The zero-order valence-corrected chi connectivity index (χ0v) is 21.8. The van der Waals surface area contributed by atoms with Gasteiger partial charge in [0.25, 0.3) is 5.91 Å². The number of para-hydroxylation sites is 1. The van der Waals surface area contributed by atoms with Gasteiger partial charge in [-0.25, -0.2) is 14.6 Å². The molecule has 5 rings (SSSR count). The smallest absolute Gasteiger partial charge is 0.277 e. The third kappa shape index (κ3) is 4.88. The van der Waals surface area contributed by atoms with Crippen molar-refractivity contribution in [2.24, 2.45) is 0 Å². The molecule has 0 aliphatic carbocycles. The Kier molecular flexibility index (Phi) is 6.92. The number of hydrogen-bond donors (Lipinski definition) is 2. The molecular formula is C27H29N9O3. The Morgan fingerprint density at radius 3 is 2.79 bits per heavy atom. The summed E-state index contributed by atoms with van der Waals surface area (Å²) >= 11 is 0. The Labute approximate surface area is 224 Å². The number of nitrogens with zero attached hydrogens (tertiary/aromatic N) is 7. The average Bonchev–Trinajstić information content (AvgIpc) is 3.34. The van der Waals surface area contributed by atoms with E-state index in [1.165, 1.54) is 17.3 Å². The Morgan fingerprint density at radius 1 is 1.21 bits per heavy atom. The van der Waals surface area contributed by atoms with Crippen molar-refractivity contribution >= 4 is 51.2 Å². The Bertz CT molecular complexity index is 1610. The van der Waals surface area contributed by atoms with Crippen LogP contribution in [0.2, 0.25) is 0 Å². The summed E-state index contributed by atoms with van der Waals surface area (Å²) in [5.74, 6) is -0.565. The third-order valence-electron chi connectivity index (χ3n) is 6.91. The van der Waals surface area contributed by atoms with Crippen LogP contribution in [0.4, 0.5) is 11.5 Å². The SMILES string of the molecule is C=CC(=O)N1CCCC(n2nc(C(=O)Nc3cccc4c(CC(=O)N(C)C)ccnc34)c3c(N)ncnc32)C1. The number of nitrogens with one attached hydrogen (secondary N) is 1. The van der Waals surface area contributed by atoms with Crippen LogP contribution < -0.4 is 11.1 Å². The van der Waals surface area contributed by atoms with E-state index in [1.54, 1.807) is 48.1 Å². The van der Waals surface area contributed by atoms with Crippen LogP contribution in [0.5, 0.6) is 0 Å². The van der Waals surface area contributed by atoms with Gasteiger partial charge in [0.2, 0.25) is 11.8 Å². The van der Waals surface area contributed by atoms with Gasteiger partial charge in [0.1, 0.15) is 12.1 Å². The van der Waals surface area contributed by atoms with Crippen molar-refractivity contribution in [2.75, 3.05) is 38.2 Å². The number of anilines is 2. The third-order valence-corrected chi connectivity index (χ3v) is 6.91. The van der Waals surface area contributed by atoms with Crippen LogP contribution in [-0.4, -0.2) is 79.4 Å². The maximum absolute atomic E-state index is 13.6. The predicted molar refractivity (Wildman–Crippen MR) is 147 cm³/mol. The molecule has 1 aliphatic heterocycles. The van der Waals surface area contributed by atoms with Gasteiger partial charge in [0.15, 0.2) is 11.3 Å². The second-order valence-corrected chi connectivity index (χ2v) is 9.63. The van der Waals surface area contributed by atoms with E-state index in [9.17, 15) is 14.4 Å². The molecule has 1 atom stereocenters. The first-order valence-electron chi connectivity index (χ1n) is 12.6. The lowest BCUT2D eigenvalue weighted by Crippen LogP contribution is -2.40. The van der Waals surface area contributed by atoms with Gasteiger partial charge < -0.3 is 20.9 Å². The topological polar surface area (TPSA) is 152 Å². The van der Waals surface area contributed by atoms with Gasteiger partial charge in [-0.1, -0.05) is 18.7 Å². The van der Waals surface area contributed by atoms with E-state index in [0.717, 1.165) is 23.8 Å². The van der Waals surface area contributed by atoms with Crippen molar-refractivity contribution in [2.45, 2.75) is 25.3 Å². The number of piperidine rings is 1. The molecule has 39 heavy (non-hydrogen) atoms. The summed E-state index contributed by atoms with van der Waals surface area (Å²) in [6, 6.07) is 7.00. The summed E-state index contributed by atoms with van der Waals surface area (Å²) in [6.07, 6.45) is 5.98. The lowest BCUT2D eigenvalue weighted by Gasteiger charge is -2.32. The lowest BCUT2D eigenvalue weighted by molar-refractivity contribution is -0.128. The van der Waals surface area contributed by atoms with Crippen molar-refractivity contribution < 1.29 is 14.4 Å². The maximum atomic E-state index is 13.6. The number of rotatable bonds is 6. The summed E-state index contributed by atoms with van der Waals surface area (Å²) in [7, 11) is 3.41. The van der Waals surface area contributed by atoms with Crippen molar-refractivity contribution in [1.82, 2.24) is 34.5 Å². The molecule has 200 valence electrons. The van der Waals surface area contributed by atoms with E-state index in [-0.39, 0.29) is 35.8 Å². The van der Waals surface area contributed by atoms with Gasteiger partial charge in [-0.15, -0.1) is 0 Å². The van der Waals surface area contributed by atoms with Crippen molar-refractivity contribution in [3.63, 3.8) is 0 Å². The number of likely N-dealkylation sites (N-methyl/N-ethyl adjacent to an activating group) is 1. The van der Waals surface area contributed by atoms with E-state index < -0.39 is 5.91 Å². The van der Waals surface area contributed by atoms with Gasteiger partial charge >= 0.3 is 0 Å². The molecular weight excluding hydrogens is 498 g/mol. The number of aromatic nitrogens is 5. The van der Waals surface area contributed by atoms with Crippen LogP contribution in [0.25, 0.3) is 21.9 Å². The number of amides is 3. The molecule has 1 saturated heterocycles. The maximum Gasteiger partial charge on any atom is 0.277 e. The highest BCUT2D eigenvalue weighted by atomic mass is 16.2. The highest BCUT2D eigenvalue weighted by Crippen LogP contribution is 2.30. The highest BCUT2D eigenvalue weighted by molar-refractivity contribution is 6.15. The van der Waals surface area contributed by atoms with Crippen LogP contribution >= 0.6 is 0 Å². The largest absolute Gasteiger partial charge is 0.383 e. The fourth-order valence-corrected chi connectivity index (χ4v) is 4.88. The quantitative estimate of drug-likeness (QED) is 0.362. The summed E-state index contributed by atoms with van der Waals surface area (Å²) in [4.78, 5) is 54.4. The number of fused-ring (bicyclic) bond motifs is 2. The fourth-order valence-electron chi connectivity index (χ4n) is 4.88. The first-order chi connectivity index (χ1) is 18.8. The van der Waals surface area contributed by atoms with Gasteiger partial charge in [-0.3, -0.25) is 19.4 Å². The zero-order valence-electron chi connectivity index (χ0n) is 21.8. The fraction of sp³-hybridized carbons (Fsp3) is 0.296. The number of hydrogen-bond acceptors (Lipinski definition) is 8. The first-order valence-corrected chi connectivity index (χ1v) is 12.6. The number of likely N-dealkylation sites (tertiary alicyclic amines) is 1. The summed E-state index contributed by atoms with van der Waals surface area (Å²) in [5.41, 5.74) is 8.52. The van der Waals surface area contributed by atoms with Crippen LogP contribution in [0, 0.1) is 0 Å². The van der Waals surface area contributed by atoms with E-state index >= 15 is 0 Å². The van der Waals surface area contributed by atoms with Crippen molar-refractivity contribution in [1.29, 1.82) is 0 Å². The standard InChI is InChI=1S/C27H29N9O3/c1-4-20(37)35-12-6-7-17(14-35)36-26-22(25(28)30-15-31-26)24(33-36)27(39)32-19-9-5-8-18-16(10-11-29-23(18)19)13-21(38)34(2)3/h4-5,8-11,15,17H,1,6-7,12-14H2,2-3H3,(H,32,39)(H2,28,30,31). The molecule has 1 fully saturated rings. The first kappa shape index (κ1) is 25.8. The van der Waals surface area contributed by atoms with Gasteiger partial charge in [0, 0.05) is 38.8 Å². The molecule has 4 heterocycles. The van der Waals surface area contributed by atoms with Crippen molar-refractivity contribution in [3.05, 3.63) is 60.7 Å². The number of carbonyl (C=O) groups excluding carboxylic acids is 3. The minimum absolute atomic E-state index is 0.0412. The molecule has 0 spiro atoms. The number of carbonyl (C=O) groups is 3. The summed E-state index contributed by atoms with van der Waals surface area (Å²) < 4.78 is 1.66. The van der Waals surface area contributed by atoms with Crippen LogP contribution in [0.3, 0.4) is 0 Å². The second kappa shape index (κ2) is 10.5. The molecule has 3 amide bonds. The van der Waals surface area contributed by atoms with Crippen LogP contribution in [0.15, 0.2) is 49.4 Å². The Balaban J connectivity index is 1.51. The monoisotopic (exact) mass is 527 g/mol. The predicted octanol–water partition coefficient (Wildman–Crippen LogP) is 2.19. The zero-order chi connectivity index (χ0) is 27.7. The highest BCUT2D eigenvalue weighted by Gasteiger charge is 2.29. The van der Waals surface area contributed by atoms with Gasteiger partial charge in [0.05, 0.1) is 29.1 Å². The van der Waals surface area contributed by atoms with Gasteiger partial charge in [-0.2, -0.15) is 5.10 Å². The molecule has 0 bridgehead atoms. The average molecular weight is 528 g/mol. The lowest BCUT2D eigenvalue weighted by atomic mass is 10.0. The van der Waals surface area contributed by atoms with Crippen LogP contribution in [-0.2, 0) is 16.0 Å².